The lowest BCUT2D eigenvalue weighted by Crippen LogP contribution is -2.15. The smallest absolute Gasteiger partial charge is 0.122 e. The van der Waals surface area contributed by atoms with E-state index in [1.807, 2.05) is 0 Å². The van der Waals surface area contributed by atoms with Gasteiger partial charge in [-0.05, 0) is 25.8 Å². The SMILES string of the molecule is NCCCc1nnc(C2CCCOC2)s1. The molecule has 5 heteroatoms. The van der Waals surface area contributed by atoms with Crippen LogP contribution in [0.25, 0.3) is 0 Å². The predicted octanol–water partition coefficient (Wildman–Crippen LogP) is 1.32. The molecule has 2 rings (SSSR count). The highest BCUT2D eigenvalue weighted by atomic mass is 32.1. The summed E-state index contributed by atoms with van der Waals surface area (Å²) in [5.41, 5.74) is 5.46. The normalized spacial score (nSPS) is 21.8. The molecule has 0 saturated carbocycles. The van der Waals surface area contributed by atoms with Crippen molar-refractivity contribution >= 4 is 11.3 Å². The molecular weight excluding hydrogens is 210 g/mol. The molecule has 0 amide bonds. The Hall–Kier alpha value is -0.520. The number of rotatable bonds is 4. The topological polar surface area (TPSA) is 61.0 Å². The molecule has 15 heavy (non-hydrogen) atoms. The van der Waals surface area contributed by atoms with Gasteiger partial charge in [0, 0.05) is 18.9 Å². The van der Waals surface area contributed by atoms with Crippen molar-refractivity contribution in [2.24, 2.45) is 5.73 Å². The van der Waals surface area contributed by atoms with Crippen LogP contribution in [0.15, 0.2) is 0 Å². The van der Waals surface area contributed by atoms with Crippen LogP contribution < -0.4 is 5.73 Å². The van der Waals surface area contributed by atoms with Crippen molar-refractivity contribution in [1.82, 2.24) is 10.2 Å². The molecule has 0 aromatic carbocycles. The maximum atomic E-state index is 5.46. The molecule has 0 aliphatic carbocycles. The Labute approximate surface area is 93.8 Å². The molecule has 1 aliphatic heterocycles. The fourth-order valence-electron chi connectivity index (χ4n) is 1.72. The Morgan fingerprint density at radius 1 is 1.47 bits per heavy atom. The van der Waals surface area contributed by atoms with E-state index < -0.39 is 0 Å². The van der Waals surface area contributed by atoms with Gasteiger partial charge in [-0.25, -0.2) is 0 Å². The first kappa shape index (κ1) is 11.0. The van der Waals surface area contributed by atoms with Crippen molar-refractivity contribution in [3.63, 3.8) is 0 Å². The van der Waals surface area contributed by atoms with Crippen molar-refractivity contribution in [2.75, 3.05) is 19.8 Å². The molecule has 1 aliphatic rings. The maximum absolute atomic E-state index is 5.46. The van der Waals surface area contributed by atoms with E-state index in [4.69, 9.17) is 10.5 Å². The number of ether oxygens (including phenoxy) is 1. The first-order valence-corrected chi connectivity index (χ1v) is 6.32. The second-order valence-electron chi connectivity index (χ2n) is 3.84. The molecule has 0 spiro atoms. The minimum atomic E-state index is 0.475. The Kier molecular flexibility index (Phi) is 4.05. The molecule has 1 atom stereocenters. The number of nitrogens with zero attached hydrogens (tertiary/aromatic N) is 2. The first-order valence-electron chi connectivity index (χ1n) is 5.50. The van der Waals surface area contributed by atoms with Gasteiger partial charge < -0.3 is 10.5 Å². The van der Waals surface area contributed by atoms with E-state index in [0.717, 1.165) is 49.0 Å². The summed E-state index contributed by atoms with van der Waals surface area (Å²) in [6, 6.07) is 0. The van der Waals surface area contributed by atoms with Crippen molar-refractivity contribution in [1.29, 1.82) is 0 Å². The van der Waals surface area contributed by atoms with Crippen LogP contribution in [0.5, 0.6) is 0 Å². The minimum absolute atomic E-state index is 0.475. The van der Waals surface area contributed by atoms with Crippen LogP contribution in [0.2, 0.25) is 0 Å². The van der Waals surface area contributed by atoms with Gasteiger partial charge in [0.2, 0.25) is 0 Å². The fraction of sp³-hybridized carbons (Fsp3) is 0.800. The third-order valence-electron chi connectivity index (χ3n) is 2.59. The van der Waals surface area contributed by atoms with Gasteiger partial charge in [-0.3, -0.25) is 0 Å². The average molecular weight is 227 g/mol. The highest BCUT2D eigenvalue weighted by Crippen LogP contribution is 2.27. The van der Waals surface area contributed by atoms with E-state index in [9.17, 15) is 0 Å². The van der Waals surface area contributed by atoms with Gasteiger partial charge in [0.25, 0.3) is 0 Å². The van der Waals surface area contributed by atoms with Gasteiger partial charge in [-0.15, -0.1) is 21.5 Å². The van der Waals surface area contributed by atoms with E-state index >= 15 is 0 Å². The molecule has 1 saturated heterocycles. The monoisotopic (exact) mass is 227 g/mol. The summed E-state index contributed by atoms with van der Waals surface area (Å²) < 4.78 is 5.45. The van der Waals surface area contributed by atoms with Crippen LogP contribution >= 0.6 is 11.3 Å². The highest BCUT2D eigenvalue weighted by Gasteiger charge is 2.19. The summed E-state index contributed by atoms with van der Waals surface area (Å²) in [7, 11) is 0. The second-order valence-corrected chi connectivity index (χ2v) is 4.93. The third kappa shape index (κ3) is 2.96. The second kappa shape index (κ2) is 5.53. The van der Waals surface area contributed by atoms with Gasteiger partial charge in [-0.1, -0.05) is 0 Å². The Bertz CT molecular complexity index is 297. The molecule has 1 unspecified atom stereocenters. The number of hydrogen-bond donors (Lipinski definition) is 1. The van der Waals surface area contributed by atoms with Gasteiger partial charge in [0.1, 0.15) is 10.0 Å². The molecule has 0 radical (unpaired) electrons. The zero-order valence-electron chi connectivity index (χ0n) is 8.82. The molecule has 1 aromatic rings. The standard InChI is InChI=1S/C10H17N3OS/c11-5-1-4-9-12-13-10(15-9)8-3-2-6-14-7-8/h8H,1-7,11H2. The van der Waals surface area contributed by atoms with E-state index in [2.05, 4.69) is 10.2 Å². The lowest BCUT2D eigenvalue weighted by Gasteiger charge is -2.19. The number of aromatic nitrogens is 2. The fourth-order valence-corrected chi connectivity index (χ4v) is 2.73. The quantitative estimate of drug-likeness (QED) is 0.843. The van der Waals surface area contributed by atoms with Gasteiger partial charge in [-0.2, -0.15) is 0 Å². The Morgan fingerprint density at radius 2 is 2.40 bits per heavy atom. The molecule has 2 N–H and O–H groups in total. The van der Waals surface area contributed by atoms with Crippen molar-refractivity contribution < 1.29 is 4.74 Å². The van der Waals surface area contributed by atoms with Crippen molar-refractivity contribution in [3.8, 4) is 0 Å². The molecule has 0 bridgehead atoms. The molecule has 4 nitrogen and oxygen atoms in total. The lowest BCUT2D eigenvalue weighted by atomic mass is 10.0. The molecule has 84 valence electrons. The third-order valence-corrected chi connectivity index (χ3v) is 3.73. The average Bonchev–Trinajstić information content (AvgIpc) is 2.76. The summed E-state index contributed by atoms with van der Waals surface area (Å²) >= 11 is 1.72. The van der Waals surface area contributed by atoms with E-state index in [1.54, 1.807) is 11.3 Å². The largest absolute Gasteiger partial charge is 0.381 e. The van der Waals surface area contributed by atoms with E-state index in [1.165, 1.54) is 6.42 Å². The van der Waals surface area contributed by atoms with Gasteiger partial charge >= 0.3 is 0 Å². The maximum Gasteiger partial charge on any atom is 0.122 e. The Morgan fingerprint density at radius 3 is 3.13 bits per heavy atom. The summed E-state index contributed by atoms with van der Waals surface area (Å²) in [6.07, 6.45) is 4.28. The number of hydrogen-bond acceptors (Lipinski definition) is 5. The molecular formula is C10H17N3OS. The van der Waals surface area contributed by atoms with Crippen LogP contribution in [-0.4, -0.2) is 30.0 Å². The zero-order valence-corrected chi connectivity index (χ0v) is 9.63. The summed E-state index contributed by atoms with van der Waals surface area (Å²) in [4.78, 5) is 0. The van der Waals surface area contributed by atoms with Gasteiger partial charge in [0.15, 0.2) is 0 Å². The lowest BCUT2D eigenvalue weighted by molar-refractivity contribution is 0.0802. The van der Waals surface area contributed by atoms with Gasteiger partial charge in [0.05, 0.1) is 6.61 Å². The molecule has 1 fully saturated rings. The van der Waals surface area contributed by atoms with Crippen LogP contribution in [0.3, 0.4) is 0 Å². The molecule has 1 aromatic heterocycles. The summed E-state index contributed by atoms with van der Waals surface area (Å²) in [5.74, 6) is 0.475. The zero-order chi connectivity index (χ0) is 10.5. The first-order chi connectivity index (χ1) is 7.40. The number of aryl methyl sites for hydroxylation is 1. The number of nitrogens with two attached hydrogens (primary N) is 1. The van der Waals surface area contributed by atoms with Crippen LogP contribution in [0.1, 0.15) is 35.2 Å². The van der Waals surface area contributed by atoms with Crippen LogP contribution in [-0.2, 0) is 11.2 Å². The van der Waals surface area contributed by atoms with Crippen molar-refractivity contribution in [3.05, 3.63) is 10.0 Å². The van der Waals surface area contributed by atoms with E-state index in [-0.39, 0.29) is 0 Å². The van der Waals surface area contributed by atoms with Crippen LogP contribution in [0, 0.1) is 0 Å². The predicted molar refractivity (Wildman–Crippen MR) is 60.1 cm³/mol. The van der Waals surface area contributed by atoms with E-state index in [0.29, 0.717) is 5.92 Å². The summed E-state index contributed by atoms with van der Waals surface area (Å²) in [5, 5.41) is 10.7. The van der Waals surface area contributed by atoms with Crippen molar-refractivity contribution in [2.45, 2.75) is 31.6 Å². The molecule has 2 heterocycles. The highest BCUT2D eigenvalue weighted by molar-refractivity contribution is 7.11. The summed E-state index contributed by atoms with van der Waals surface area (Å²) in [6.45, 7) is 2.43. The Balaban J connectivity index is 1.93. The van der Waals surface area contributed by atoms with Crippen LogP contribution in [0.4, 0.5) is 0 Å². The minimum Gasteiger partial charge on any atom is -0.381 e.